The van der Waals surface area contributed by atoms with Crippen molar-refractivity contribution in [3.05, 3.63) is 40.9 Å². The van der Waals surface area contributed by atoms with Crippen LogP contribution in [0.4, 0.5) is 8.78 Å². The second-order valence-corrected chi connectivity index (χ2v) is 10.2. The fourth-order valence-corrected chi connectivity index (χ4v) is 6.72. The van der Waals surface area contributed by atoms with Crippen LogP contribution in [-0.4, -0.2) is 5.97 Å². The number of fused-ring (bicyclic) bond motifs is 1. The molecule has 0 bridgehead atoms. The number of allylic oxidation sites excluding steroid dienone is 2. The van der Waals surface area contributed by atoms with Crippen LogP contribution in [0.3, 0.4) is 0 Å². The summed E-state index contributed by atoms with van der Waals surface area (Å²) in [4.78, 5) is 12.9. The molecule has 3 aliphatic rings. The monoisotopic (exact) mass is 450 g/mol. The SMILES string of the molecule is C/C=C/C1CCC(C2CCC3C(CCCC3C(=O)Oc3ccc(Cl)c(F)c3F)C2)CC1. The zero-order valence-electron chi connectivity index (χ0n) is 18.3. The van der Waals surface area contributed by atoms with Crippen LogP contribution in [0.5, 0.6) is 5.75 Å². The molecule has 5 heteroatoms. The van der Waals surface area contributed by atoms with Gasteiger partial charge in [-0.1, -0.05) is 36.6 Å². The van der Waals surface area contributed by atoms with Crippen molar-refractivity contribution >= 4 is 17.6 Å². The van der Waals surface area contributed by atoms with E-state index in [4.69, 9.17) is 16.3 Å². The Morgan fingerprint density at radius 2 is 1.71 bits per heavy atom. The van der Waals surface area contributed by atoms with Crippen molar-refractivity contribution in [1.82, 2.24) is 0 Å². The summed E-state index contributed by atoms with van der Waals surface area (Å²) in [6.45, 7) is 2.11. The molecule has 0 aliphatic heterocycles. The van der Waals surface area contributed by atoms with Crippen LogP contribution in [0, 0.1) is 47.1 Å². The van der Waals surface area contributed by atoms with Crippen molar-refractivity contribution in [1.29, 1.82) is 0 Å². The van der Waals surface area contributed by atoms with E-state index in [-0.39, 0.29) is 16.7 Å². The van der Waals surface area contributed by atoms with Crippen molar-refractivity contribution < 1.29 is 18.3 Å². The summed E-state index contributed by atoms with van der Waals surface area (Å²) in [6.07, 6.45) is 16.2. The molecule has 31 heavy (non-hydrogen) atoms. The lowest BCUT2D eigenvalue weighted by molar-refractivity contribution is -0.144. The van der Waals surface area contributed by atoms with E-state index in [0.29, 0.717) is 11.8 Å². The predicted molar refractivity (Wildman–Crippen MR) is 119 cm³/mol. The molecule has 2 nitrogen and oxygen atoms in total. The summed E-state index contributed by atoms with van der Waals surface area (Å²) < 4.78 is 33.2. The Labute approximate surface area is 189 Å². The molecule has 3 saturated carbocycles. The summed E-state index contributed by atoms with van der Waals surface area (Å²) >= 11 is 5.60. The van der Waals surface area contributed by atoms with Gasteiger partial charge in [0.05, 0.1) is 10.9 Å². The molecule has 0 heterocycles. The molecule has 0 radical (unpaired) electrons. The highest BCUT2D eigenvalue weighted by Crippen LogP contribution is 2.50. The van der Waals surface area contributed by atoms with Gasteiger partial charge in [0, 0.05) is 0 Å². The minimum absolute atomic E-state index is 0.219. The first-order valence-corrected chi connectivity index (χ1v) is 12.3. The summed E-state index contributed by atoms with van der Waals surface area (Å²) in [5.41, 5.74) is 0. The Balaban J connectivity index is 1.36. The van der Waals surface area contributed by atoms with Crippen LogP contribution in [-0.2, 0) is 4.79 Å². The molecule has 3 aliphatic carbocycles. The van der Waals surface area contributed by atoms with E-state index in [1.165, 1.54) is 57.1 Å². The third kappa shape index (κ3) is 4.99. The number of ether oxygens (including phenoxy) is 1. The van der Waals surface area contributed by atoms with Gasteiger partial charge >= 0.3 is 5.97 Å². The smallest absolute Gasteiger partial charge is 0.314 e. The lowest BCUT2D eigenvalue weighted by Gasteiger charge is -2.45. The third-order valence-corrected chi connectivity index (χ3v) is 8.44. The minimum Gasteiger partial charge on any atom is -0.423 e. The molecule has 4 atom stereocenters. The first-order valence-electron chi connectivity index (χ1n) is 12.0. The average Bonchev–Trinajstić information content (AvgIpc) is 2.79. The number of rotatable bonds is 4. The van der Waals surface area contributed by atoms with E-state index < -0.39 is 17.6 Å². The van der Waals surface area contributed by atoms with Gasteiger partial charge in [-0.3, -0.25) is 4.79 Å². The molecular weight excluding hydrogens is 418 g/mol. The number of benzene rings is 1. The van der Waals surface area contributed by atoms with E-state index in [0.717, 1.165) is 37.0 Å². The fraction of sp³-hybridized carbons (Fsp3) is 0.654. The van der Waals surface area contributed by atoms with Crippen LogP contribution in [0.15, 0.2) is 24.3 Å². The van der Waals surface area contributed by atoms with Gasteiger partial charge in [0.25, 0.3) is 0 Å². The van der Waals surface area contributed by atoms with Crippen molar-refractivity contribution in [3.8, 4) is 5.75 Å². The van der Waals surface area contributed by atoms with Crippen LogP contribution in [0.2, 0.25) is 5.02 Å². The molecule has 0 aromatic heterocycles. The van der Waals surface area contributed by atoms with Gasteiger partial charge in [-0.2, -0.15) is 4.39 Å². The van der Waals surface area contributed by atoms with Crippen molar-refractivity contribution in [2.24, 2.45) is 35.5 Å². The molecule has 0 N–H and O–H groups in total. The molecule has 0 spiro atoms. The molecule has 170 valence electrons. The van der Waals surface area contributed by atoms with Gasteiger partial charge in [0.2, 0.25) is 5.82 Å². The van der Waals surface area contributed by atoms with Gasteiger partial charge in [0.1, 0.15) is 0 Å². The third-order valence-electron chi connectivity index (χ3n) is 8.15. The lowest BCUT2D eigenvalue weighted by Crippen LogP contribution is -2.40. The number of esters is 1. The minimum atomic E-state index is -1.19. The van der Waals surface area contributed by atoms with Crippen LogP contribution in [0.1, 0.15) is 71.1 Å². The topological polar surface area (TPSA) is 26.3 Å². The second kappa shape index (κ2) is 10.0. The number of carbonyl (C=O) groups is 1. The summed E-state index contributed by atoms with van der Waals surface area (Å²) in [7, 11) is 0. The van der Waals surface area contributed by atoms with Gasteiger partial charge in [-0.05, 0) is 100 Å². The van der Waals surface area contributed by atoms with Gasteiger partial charge in [-0.15, -0.1) is 0 Å². The highest BCUT2D eigenvalue weighted by molar-refractivity contribution is 6.30. The molecule has 3 fully saturated rings. The Kier molecular flexibility index (Phi) is 7.36. The zero-order chi connectivity index (χ0) is 22.0. The zero-order valence-corrected chi connectivity index (χ0v) is 19.1. The predicted octanol–water partition coefficient (Wildman–Crippen LogP) is 7.74. The van der Waals surface area contributed by atoms with Gasteiger partial charge in [-0.25, -0.2) is 4.39 Å². The van der Waals surface area contributed by atoms with Crippen molar-refractivity contribution in [2.45, 2.75) is 71.1 Å². The molecule has 1 aromatic rings. The van der Waals surface area contributed by atoms with E-state index in [9.17, 15) is 13.6 Å². The summed E-state index contributed by atoms with van der Waals surface area (Å²) in [5.74, 6) is -0.161. The highest BCUT2D eigenvalue weighted by Gasteiger charge is 2.43. The summed E-state index contributed by atoms with van der Waals surface area (Å²) in [5, 5.41) is -0.312. The average molecular weight is 451 g/mol. The second-order valence-electron chi connectivity index (χ2n) is 9.83. The number of hydrogen-bond acceptors (Lipinski definition) is 2. The Morgan fingerprint density at radius 3 is 2.45 bits per heavy atom. The Bertz CT molecular complexity index is 816. The van der Waals surface area contributed by atoms with Crippen LogP contribution < -0.4 is 4.74 Å². The molecule has 1 aromatic carbocycles. The maximum Gasteiger partial charge on any atom is 0.314 e. The molecule has 0 amide bonds. The largest absolute Gasteiger partial charge is 0.423 e. The number of carbonyl (C=O) groups excluding carboxylic acids is 1. The van der Waals surface area contributed by atoms with E-state index >= 15 is 0 Å². The molecule has 0 saturated heterocycles. The van der Waals surface area contributed by atoms with E-state index in [2.05, 4.69) is 19.1 Å². The van der Waals surface area contributed by atoms with E-state index in [1.54, 1.807) is 0 Å². The molecule has 4 rings (SSSR count). The lowest BCUT2D eigenvalue weighted by atomic mass is 9.59. The van der Waals surface area contributed by atoms with Crippen molar-refractivity contribution in [3.63, 3.8) is 0 Å². The van der Waals surface area contributed by atoms with Crippen molar-refractivity contribution in [2.75, 3.05) is 0 Å². The van der Waals surface area contributed by atoms with Crippen LogP contribution in [0.25, 0.3) is 0 Å². The van der Waals surface area contributed by atoms with Gasteiger partial charge < -0.3 is 4.74 Å². The van der Waals surface area contributed by atoms with Gasteiger partial charge in [0.15, 0.2) is 11.6 Å². The maximum absolute atomic E-state index is 14.1. The quantitative estimate of drug-likeness (QED) is 0.203. The maximum atomic E-state index is 14.1. The first kappa shape index (κ1) is 22.8. The molecular formula is C26H33ClF2O2. The summed E-state index contributed by atoms with van der Waals surface area (Å²) in [6, 6.07) is 2.46. The Hall–Kier alpha value is -1.42. The number of halogens is 3. The highest BCUT2D eigenvalue weighted by atomic mass is 35.5. The van der Waals surface area contributed by atoms with Crippen LogP contribution >= 0.6 is 11.6 Å². The van der Waals surface area contributed by atoms with E-state index in [1.807, 2.05) is 0 Å². The Morgan fingerprint density at radius 1 is 0.968 bits per heavy atom. The fourth-order valence-electron chi connectivity index (χ4n) is 6.57. The number of hydrogen-bond donors (Lipinski definition) is 0. The first-order chi connectivity index (χ1) is 15.0. The normalized spacial score (nSPS) is 33.8. The molecule has 4 unspecified atom stereocenters. The standard InChI is InChI=1S/C26H33ClF2O2/c1-2-4-16-7-9-17(10-8-16)18-11-12-20-19(15-18)5-3-6-21(20)26(30)31-23-14-13-22(27)24(28)25(23)29/h2,4,13-14,16-21H,3,5-12,15H2,1H3/b4-2+.